The van der Waals surface area contributed by atoms with Crippen LogP contribution in [-0.4, -0.2) is 96.7 Å². The van der Waals surface area contributed by atoms with Gasteiger partial charge in [-0.25, -0.2) is 9.13 Å². The van der Waals surface area contributed by atoms with Crippen LogP contribution in [0.3, 0.4) is 0 Å². The van der Waals surface area contributed by atoms with E-state index in [-0.39, 0.29) is 25.7 Å². The molecule has 3 N–H and O–H groups in total. The smallest absolute Gasteiger partial charge is 0.462 e. The fourth-order valence-electron chi connectivity index (χ4n) is 13.1. The number of phosphoric ester groups is 2. The molecule has 0 aromatic carbocycles. The van der Waals surface area contributed by atoms with Crippen molar-refractivity contribution in [3.8, 4) is 0 Å². The van der Waals surface area contributed by atoms with Gasteiger partial charge in [0.05, 0.1) is 26.4 Å². The molecule has 0 aliphatic carbocycles. The Morgan fingerprint density at radius 2 is 0.462 bits per heavy atom. The summed E-state index contributed by atoms with van der Waals surface area (Å²) >= 11 is 0. The molecule has 0 saturated carbocycles. The third-order valence-corrected chi connectivity index (χ3v) is 22.4. The van der Waals surface area contributed by atoms with Crippen molar-refractivity contribution < 1.29 is 80.2 Å². The van der Waals surface area contributed by atoms with Crippen LogP contribution in [0, 0.1) is 23.7 Å². The Hall–Kier alpha value is -1.94. The van der Waals surface area contributed by atoms with Gasteiger partial charge in [-0.05, 0) is 49.4 Å². The summed E-state index contributed by atoms with van der Waals surface area (Å²) in [7, 11) is -9.93. The summed E-state index contributed by atoms with van der Waals surface area (Å²) in [4.78, 5) is 73.1. The molecule has 618 valence electrons. The third kappa shape index (κ3) is 75.5. The molecule has 0 spiro atoms. The molecule has 19 heteroatoms. The molecule has 0 aromatic rings. The van der Waals surface area contributed by atoms with Crippen LogP contribution < -0.4 is 0 Å². The van der Waals surface area contributed by atoms with E-state index < -0.39 is 97.5 Å². The highest BCUT2D eigenvalue weighted by Crippen LogP contribution is 2.45. The maximum Gasteiger partial charge on any atom is 0.472 e. The first-order chi connectivity index (χ1) is 50.2. The van der Waals surface area contributed by atoms with Gasteiger partial charge >= 0.3 is 39.5 Å². The predicted molar refractivity (Wildman–Crippen MR) is 428 cm³/mol. The van der Waals surface area contributed by atoms with Crippen LogP contribution in [0.2, 0.25) is 0 Å². The quantitative estimate of drug-likeness (QED) is 0.0222. The summed E-state index contributed by atoms with van der Waals surface area (Å²) in [5, 5.41) is 10.7. The van der Waals surface area contributed by atoms with Crippen molar-refractivity contribution in [3.63, 3.8) is 0 Å². The van der Waals surface area contributed by atoms with Crippen LogP contribution in [0.25, 0.3) is 0 Å². The molecular weight excluding hydrogens is 1350 g/mol. The number of unbranched alkanes of at least 4 members (excludes halogenated alkanes) is 46. The lowest BCUT2D eigenvalue weighted by Crippen LogP contribution is -2.30. The standard InChI is InChI=1S/C85H166O17P2/c1-9-77(7)63-55-47-38-32-26-22-18-13-11-12-14-19-23-27-35-41-51-59-67-84(89)101-80(71-95-82(87)65-57-49-40-34-30-29-33-39-48-56-64-78(8)10-2)73-99-103(91,92)97-69-79(86)70-98-104(93,94)100-74-81(72-96-83(88)66-58-50-44-43-46-54-62-76(5)6)102-85(90)68-60-52-42-36-28-24-20-16-15-17-21-25-31-37-45-53-61-75(3)4/h75-81,86H,9-74H2,1-8H3,(H,91,92)(H,93,94)/t77?,78?,79?,80-,81-/m1/s1. The van der Waals surface area contributed by atoms with Crippen molar-refractivity contribution >= 4 is 39.5 Å². The molecule has 0 aromatic heterocycles. The predicted octanol–water partition coefficient (Wildman–Crippen LogP) is 25.6. The Bertz CT molecular complexity index is 2030. The molecule has 0 fully saturated rings. The number of carbonyl (C=O) groups excluding carboxylic acids is 4. The van der Waals surface area contributed by atoms with E-state index in [4.69, 9.17) is 37.0 Å². The van der Waals surface area contributed by atoms with E-state index in [9.17, 15) is 43.2 Å². The minimum absolute atomic E-state index is 0.107. The number of hydrogen-bond acceptors (Lipinski definition) is 15. The number of aliphatic hydroxyl groups is 1. The molecule has 5 unspecified atom stereocenters. The van der Waals surface area contributed by atoms with Gasteiger partial charge in [0.1, 0.15) is 19.3 Å². The van der Waals surface area contributed by atoms with Crippen LogP contribution in [0.15, 0.2) is 0 Å². The lowest BCUT2D eigenvalue weighted by Gasteiger charge is -2.21. The van der Waals surface area contributed by atoms with Gasteiger partial charge in [0, 0.05) is 25.7 Å². The molecule has 0 radical (unpaired) electrons. The number of esters is 4. The minimum atomic E-state index is -4.96. The summed E-state index contributed by atoms with van der Waals surface area (Å²) in [6.45, 7) is 14.3. The van der Waals surface area contributed by atoms with E-state index in [0.29, 0.717) is 31.6 Å². The Labute approximate surface area is 638 Å². The highest BCUT2D eigenvalue weighted by molar-refractivity contribution is 7.47. The van der Waals surface area contributed by atoms with Crippen molar-refractivity contribution in [2.45, 2.75) is 459 Å². The highest BCUT2D eigenvalue weighted by Gasteiger charge is 2.30. The van der Waals surface area contributed by atoms with Gasteiger partial charge < -0.3 is 33.8 Å². The van der Waals surface area contributed by atoms with Gasteiger partial charge in [0.15, 0.2) is 12.2 Å². The number of aliphatic hydroxyl groups excluding tert-OH is 1. The van der Waals surface area contributed by atoms with Gasteiger partial charge in [-0.2, -0.15) is 0 Å². The Balaban J connectivity index is 5.19. The van der Waals surface area contributed by atoms with Crippen LogP contribution in [0.5, 0.6) is 0 Å². The Morgan fingerprint density at radius 3 is 0.683 bits per heavy atom. The molecule has 0 amide bonds. The monoisotopic (exact) mass is 1520 g/mol. The molecule has 0 bridgehead atoms. The first-order valence-electron chi connectivity index (χ1n) is 43.8. The average Bonchev–Trinajstić information content (AvgIpc) is 0.938. The molecular formula is C85H166O17P2. The fraction of sp³-hybridized carbons (Fsp3) is 0.953. The first-order valence-corrected chi connectivity index (χ1v) is 46.8. The second-order valence-corrected chi connectivity index (χ2v) is 34.9. The van der Waals surface area contributed by atoms with Crippen LogP contribution in [0.4, 0.5) is 0 Å². The van der Waals surface area contributed by atoms with E-state index >= 15 is 0 Å². The molecule has 0 aliphatic rings. The summed E-state index contributed by atoms with van der Waals surface area (Å²) in [5.41, 5.74) is 0. The third-order valence-electron chi connectivity index (χ3n) is 20.5. The van der Waals surface area contributed by atoms with Crippen molar-refractivity contribution in [1.29, 1.82) is 0 Å². The number of phosphoric acid groups is 2. The van der Waals surface area contributed by atoms with Crippen LogP contribution in [0.1, 0.15) is 441 Å². The molecule has 17 nitrogen and oxygen atoms in total. The van der Waals surface area contributed by atoms with Gasteiger partial charge in [-0.3, -0.25) is 37.3 Å². The minimum Gasteiger partial charge on any atom is -0.462 e. The molecule has 0 heterocycles. The zero-order chi connectivity index (χ0) is 76.7. The second-order valence-electron chi connectivity index (χ2n) is 32.0. The Morgan fingerprint density at radius 1 is 0.269 bits per heavy atom. The number of hydrogen-bond donors (Lipinski definition) is 3. The summed E-state index contributed by atoms with van der Waals surface area (Å²) < 4.78 is 68.8. The van der Waals surface area contributed by atoms with E-state index in [0.717, 1.165) is 114 Å². The van der Waals surface area contributed by atoms with Gasteiger partial charge in [0.2, 0.25) is 0 Å². The first kappa shape index (κ1) is 102. The average molecular weight is 1520 g/mol. The molecule has 0 aliphatic heterocycles. The van der Waals surface area contributed by atoms with Crippen molar-refractivity contribution in [3.05, 3.63) is 0 Å². The van der Waals surface area contributed by atoms with Crippen LogP contribution >= 0.6 is 15.6 Å². The van der Waals surface area contributed by atoms with Crippen molar-refractivity contribution in [1.82, 2.24) is 0 Å². The molecule has 104 heavy (non-hydrogen) atoms. The number of rotatable bonds is 82. The second kappa shape index (κ2) is 73.8. The lowest BCUT2D eigenvalue weighted by atomic mass is 9.99. The zero-order valence-electron chi connectivity index (χ0n) is 68.7. The maximum atomic E-state index is 13.1. The van der Waals surface area contributed by atoms with Gasteiger partial charge in [0.25, 0.3) is 0 Å². The van der Waals surface area contributed by atoms with Gasteiger partial charge in [-0.15, -0.1) is 0 Å². The molecule has 7 atom stereocenters. The van der Waals surface area contributed by atoms with Gasteiger partial charge in [-0.1, -0.05) is 389 Å². The zero-order valence-corrected chi connectivity index (χ0v) is 70.5. The largest absolute Gasteiger partial charge is 0.472 e. The topological polar surface area (TPSA) is 237 Å². The summed E-state index contributed by atoms with van der Waals surface area (Å²) in [5.74, 6) is 1.06. The SMILES string of the molecule is CCC(C)CCCCCCCCCCCCCCCCCCCCC(=O)O[C@H](COC(=O)CCCCCCCCCCCCC(C)CC)COP(=O)(O)OCC(O)COP(=O)(O)OC[C@@H](COC(=O)CCCCCCCCC(C)C)OC(=O)CCCCCCCCCCCCCCCCCCC(C)C. The Kier molecular flexibility index (Phi) is 72.5. The lowest BCUT2D eigenvalue weighted by molar-refractivity contribution is -0.161. The van der Waals surface area contributed by atoms with E-state index in [2.05, 4.69) is 55.4 Å². The number of carbonyl (C=O) groups is 4. The fourth-order valence-corrected chi connectivity index (χ4v) is 14.7. The van der Waals surface area contributed by atoms with E-state index in [1.807, 2.05) is 0 Å². The van der Waals surface area contributed by atoms with Crippen molar-refractivity contribution in [2.75, 3.05) is 39.6 Å². The highest BCUT2D eigenvalue weighted by atomic mass is 31.2. The van der Waals surface area contributed by atoms with Crippen LogP contribution in [-0.2, 0) is 65.4 Å². The number of ether oxygens (including phenoxy) is 4. The summed E-state index contributed by atoms with van der Waals surface area (Å²) in [6.07, 6.45) is 62.6. The molecule has 0 rings (SSSR count). The summed E-state index contributed by atoms with van der Waals surface area (Å²) in [6, 6.07) is 0. The maximum absolute atomic E-state index is 13.1. The van der Waals surface area contributed by atoms with E-state index in [1.165, 1.54) is 238 Å². The van der Waals surface area contributed by atoms with E-state index in [1.54, 1.807) is 0 Å². The van der Waals surface area contributed by atoms with Crippen molar-refractivity contribution in [2.24, 2.45) is 23.7 Å². The molecule has 0 saturated heterocycles. The normalized spacial score (nSPS) is 14.5.